The lowest BCUT2D eigenvalue weighted by Crippen LogP contribution is -2.10. The summed E-state index contributed by atoms with van der Waals surface area (Å²) in [5, 5.41) is 22.7. The highest BCUT2D eigenvalue weighted by atomic mass is 16.3. The van der Waals surface area contributed by atoms with Gasteiger partial charge in [-0.2, -0.15) is 0 Å². The molecule has 2 N–H and O–H groups in total. The van der Waals surface area contributed by atoms with E-state index < -0.39 is 0 Å². The molecule has 114 valence electrons. The van der Waals surface area contributed by atoms with E-state index in [2.05, 4.69) is 10.0 Å². The Labute approximate surface area is 124 Å². The number of phenolic OH excluding ortho intramolecular Hbond substituents is 2. The van der Waals surface area contributed by atoms with Gasteiger partial charge in [-0.3, -0.25) is 4.79 Å². The Morgan fingerprint density at radius 3 is 2.71 bits per heavy atom. The third-order valence-electron chi connectivity index (χ3n) is 3.60. The zero-order valence-corrected chi connectivity index (χ0v) is 12.4. The summed E-state index contributed by atoms with van der Waals surface area (Å²) in [6, 6.07) is 2.80. The second kappa shape index (κ2) is 8.17. The van der Waals surface area contributed by atoms with Crippen molar-refractivity contribution in [3.63, 3.8) is 0 Å². The fourth-order valence-corrected chi connectivity index (χ4v) is 2.25. The van der Waals surface area contributed by atoms with Crippen LogP contribution in [0.25, 0.3) is 10.4 Å². The normalized spacial score (nSPS) is 11.7. The molecule has 1 aromatic rings. The minimum absolute atomic E-state index is 0.000912. The summed E-state index contributed by atoms with van der Waals surface area (Å²) in [6.45, 7) is 3.97. The number of azide groups is 1. The van der Waals surface area contributed by atoms with E-state index in [4.69, 9.17) is 5.53 Å². The number of ketones is 1. The van der Waals surface area contributed by atoms with Gasteiger partial charge in [-0.05, 0) is 42.5 Å². The molecule has 0 spiro atoms. The zero-order valence-electron chi connectivity index (χ0n) is 12.4. The minimum atomic E-state index is -0.361. The van der Waals surface area contributed by atoms with Crippen molar-refractivity contribution < 1.29 is 15.0 Å². The van der Waals surface area contributed by atoms with Gasteiger partial charge in [-0.15, -0.1) is 0 Å². The van der Waals surface area contributed by atoms with Crippen LogP contribution in [0.15, 0.2) is 17.2 Å². The van der Waals surface area contributed by atoms with Crippen molar-refractivity contribution in [3.05, 3.63) is 33.7 Å². The summed E-state index contributed by atoms with van der Waals surface area (Å²) in [7, 11) is 0. The van der Waals surface area contributed by atoms with Crippen LogP contribution in [-0.2, 0) is 4.79 Å². The van der Waals surface area contributed by atoms with Gasteiger partial charge in [0.15, 0.2) is 0 Å². The first-order valence-electron chi connectivity index (χ1n) is 7.03. The Balaban J connectivity index is 2.56. The highest BCUT2D eigenvalue weighted by Crippen LogP contribution is 2.32. The molecule has 0 unspecified atom stereocenters. The van der Waals surface area contributed by atoms with Crippen molar-refractivity contribution in [1.82, 2.24) is 0 Å². The molecule has 0 aliphatic rings. The summed E-state index contributed by atoms with van der Waals surface area (Å²) >= 11 is 0. The lowest BCUT2D eigenvalue weighted by Gasteiger charge is -2.15. The van der Waals surface area contributed by atoms with Gasteiger partial charge in [-0.1, -0.05) is 18.5 Å². The molecule has 6 nitrogen and oxygen atoms in total. The van der Waals surface area contributed by atoms with E-state index in [1.165, 1.54) is 12.1 Å². The second-order valence-corrected chi connectivity index (χ2v) is 5.13. The first-order chi connectivity index (χ1) is 9.97. The average Bonchev–Trinajstić information content (AvgIpc) is 2.45. The number of rotatable bonds is 8. The van der Waals surface area contributed by atoms with Crippen molar-refractivity contribution in [2.45, 2.75) is 45.4 Å². The fraction of sp³-hybridized carbons (Fsp3) is 0.533. The first-order valence-corrected chi connectivity index (χ1v) is 7.03. The number of nitrogens with zero attached hydrogens (tertiary/aromatic N) is 3. The van der Waals surface area contributed by atoms with Crippen LogP contribution in [0.5, 0.6) is 11.5 Å². The Morgan fingerprint density at radius 2 is 2.05 bits per heavy atom. The maximum absolute atomic E-state index is 12.2. The molecule has 0 amide bonds. The zero-order chi connectivity index (χ0) is 15.8. The topological polar surface area (TPSA) is 106 Å². The molecular weight excluding hydrogens is 270 g/mol. The van der Waals surface area contributed by atoms with Gasteiger partial charge in [0.25, 0.3) is 0 Å². The number of benzene rings is 1. The SMILES string of the molecule is Cc1c(O)cc(O)cc1[C@@H](C)C(=O)CCCCCN=[N+]=[N-]. The van der Waals surface area contributed by atoms with E-state index in [0.717, 1.165) is 19.3 Å². The van der Waals surface area contributed by atoms with Gasteiger partial charge in [0, 0.05) is 29.9 Å². The number of carbonyl (C=O) groups is 1. The molecule has 1 atom stereocenters. The minimum Gasteiger partial charge on any atom is -0.508 e. The number of aromatic hydroxyl groups is 2. The van der Waals surface area contributed by atoms with E-state index in [1.807, 2.05) is 0 Å². The summed E-state index contributed by atoms with van der Waals surface area (Å²) < 4.78 is 0. The van der Waals surface area contributed by atoms with Crippen LogP contribution in [0.2, 0.25) is 0 Å². The van der Waals surface area contributed by atoms with Crippen molar-refractivity contribution in [2.75, 3.05) is 6.54 Å². The molecule has 0 saturated carbocycles. The average molecular weight is 291 g/mol. The van der Waals surface area contributed by atoms with Gasteiger partial charge in [0.2, 0.25) is 0 Å². The molecular formula is C15H21N3O3. The van der Waals surface area contributed by atoms with Crippen molar-refractivity contribution in [2.24, 2.45) is 5.11 Å². The van der Waals surface area contributed by atoms with Crippen LogP contribution in [0, 0.1) is 6.92 Å². The molecule has 0 saturated heterocycles. The molecule has 0 heterocycles. The Bertz CT molecular complexity index is 551. The quantitative estimate of drug-likeness (QED) is 0.327. The standard InChI is InChI=1S/C15H21N3O3/c1-10(13-8-12(19)9-15(21)11(13)2)14(20)6-4-3-5-7-17-18-16/h8-10,19,21H,3-7H2,1-2H3/t10-/m1/s1. The third kappa shape index (κ3) is 5.00. The van der Waals surface area contributed by atoms with Crippen LogP contribution in [0.1, 0.15) is 49.7 Å². The second-order valence-electron chi connectivity index (χ2n) is 5.13. The van der Waals surface area contributed by atoms with Crippen molar-refractivity contribution in [3.8, 4) is 11.5 Å². The number of phenols is 2. The van der Waals surface area contributed by atoms with Gasteiger partial charge in [0.05, 0.1) is 0 Å². The monoisotopic (exact) mass is 291 g/mol. The molecule has 21 heavy (non-hydrogen) atoms. The number of unbranched alkanes of at least 4 members (excludes halogenated alkanes) is 2. The Hall–Kier alpha value is -2.20. The van der Waals surface area contributed by atoms with E-state index in [1.54, 1.807) is 13.8 Å². The molecule has 0 radical (unpaired) electrons. The maximum Gasteiger partial charge on any atom is 0.140 e. The third-order valence-corrected chi connectivity index (χ3v) is 3.60. The molecule has 0 aliphatic carbocycles. The molecule has 0 bridgehead atoms. The number of hydrogen-bond acceptors (Lipinski definition) is 4. The summed E-state index contributed by atoms with van der Waals surface area (Å²) in [4.78, 5) is 14.8. The molecule has 1 aromatic carbocycles. The highest BCUT2D eigenvalue weighted by molar-refractivity contribution is 5.86. The van der Waals surface area contributed by atoms with Crippen LogP contribution in [0.4, 0.5) is 0 Å². The first kappa shape index (κ1) is 16.9. The lowest BCUT2D eigenvalue weighted by molar-refractivity contribution is -0.120. The van der Waals surface area contributed by atoms with Crippen LogP contribution in [0.3, 0.4) is 0 Å². The van der Waals surface area contributed by atoms with Crippen LogP contribution in [-0.4, -0.2) is 22.5 Å². The van der Waals surface area contributed by atoms with Crippen LogP contribution < -0.4 is 0 Å². The predicted octanol–water partition coefficient (Wildman–Crippen LogP) is 3.95. The highest BCUT2D eigenvalue weighted by Gasteiger charge is 2.19. The van der Waals surface area contributed by atoms with E-state index in [-0.39, 0.29) is 23.2 Å². The molecule has 0 fully saturated rings. The van der Waals surface area contributed by atoms with Crippen molar-refractivity contribution in [1.29, 1.82) is 0 Å². The van der Waals surface area contributed by atoms with Gasteiger partial charge in [0.1, 0.15) is 17.3 Å². The Morgan fingerprint density at radius 1 is 1.33 bits per heavy atom. The Kier molecular flexibility index (Phi) is 6.56. The van der Waals surface area contributed by atoms with E-state index in [9.17, 15) is 15.0 Å². The van der Waals surface area contributed by atoms with Gasteiger partial charge < -0.3 is 10.2 Å². The van der Waals surface area contributed by atoms with Gasteiger partial charge >= 0.3 is 0 Å². The smallest absolute Gasteiger partial charge is 0.140 e. The van der Waals surface area contributed by atoms with E-state index >= 15 is 0 Å². The molecule has 1 rings (SSSR count). The number of carbonyl (C=O) groups excluding carboxylic acids is 1. The number of hydrogen-bond donors (Lipinski definition) is 2. The summed E-state index contributed by atoms with van der Waals surface area (Å²) in [6.07, 6.45) is 2.79. The molecule has 0 aliphatic heterocycles. The fourth-order valence-electron chi connectivity index (χ4n) is 2.25. The van der Waals surface area contributed by atoms with Crippen LogP contribution >= 0.6 is 0 Å². The van der Waals surface area contributed by atoms with Gasteiger partial charge in [-0.25, -0.2) is 0 Å². The lowest BCUT2D eigenvalue weighted by atomic mass is 9.90. The van der Waals surface area contributed by atoms with E-state index in [0.29, 0.717) is 24.1 Å². The molecule has 6 heteroatoms. The summed E-state index contributed by atoms with van der Waals surface area (Å²) in [5.74, 6) is -0.326. The molecule has 0 aromatic heterocycles. The summed E-state index contributed by atoms with van der Waals surface area (Å²) in [5.41, 5.74) is 9.43. The number of Topliss-reactive ketones (excluding diaryl/α,β-unsaturated/α-hetero) is 1. The maximum atomic E-state index is 12.2. The largest absolute Gasteiger partial charge is 0.508 e. The van der Waals surface area contributed by atoms with Crippen molar-refractivity contribution >= 4 is 5.78 Å². The predicted molar refractivity (Wildman–Crippen MR) is 80.4 cm³/mol.